The molecule has 1 aromatic rings. The highest BCUT2D eigenvalue weighted by Crippen LogP contribution is 2.17. The van der Waals surface area contributed by atoms with Gasteiger partial charge >= 0.3 is 5.97 Å². The van der Waals surface area contributed by atoms with E-state index in [1.54, 1.807) is 24.3 Å². The zero-order valence-electron chi connectivity index (χ0n) is 40.8. The lowest BCUT2D eigenvalue weighted by Gasteiger charge is -2.34. The van der Waals surface area contributed by atoms with E-state index in [9.17, 15) is 43.2 Å². The Kier molecular flexibility index (Phi) is 32.2. The number of carbonyl (C=O) groups is 9. The molecule has 0 aliphatic carbocycles. The molecule has 1 fully saturated rings. The molecule has 0 aromatic heterocycles. The Morgan fingerprint density at radius 1 is 0.544 bits per heavy atom. The van der Waals surface area contributed by atoms with Crippen LogP contribution in [0.4, 0.5) is 0 Å². The highest BCUT2D eigenvalue weighted by molar-refractivity contribution is 5.94. The molecule has 1 saturated heterocycles. The largest absolute Gasteiger partial charge is 0.460 e. The van der Waals surface area contributed by atoms with Gasteiger partial charge in [0.2, 0.25) is 47.3 Å². The first kappa shape index (κ1) is 58.5. The summed E-state index contributed by atoms with van der Waals surface area (Å²) in [6.07, 6.45) is 20.3. The highest BCUT2D eigenvalue weighted by Gasteiger charge is 2.32. The van der Waals surface area contributed by atoms with Crippen molar-refractivity contribution in [2.75, 3.05) is 72.1 Å². The van der Waals surface area contributed by atoms with Crippen LogP contribution < -0.4 is 31.9 Å². The van der Waals surface area contributed by atoms with Gasteiger partial charge in [-0.2, -0.15) is 0 Å². The number of nitrogens with one attached hydrogen (secondary N) is 6. The second kappa shape index (κ2) is 37.4. The number of benzene rings is 1. The summed E-state index contributed by atoms with van der Waals surface area (Å²) in [4.78, 5) is 116. The third-order valence-electron chi connectivity index (χ3n) is 11.4. The molecule has 2 rings (SSSR count). The first-order valence-corrected chi connectivity index (χ1v) is 24.9. The van der Waals surface area contributed by atoms with Crippen LogP contribution in [0.15, 0.2) is 30.3 Å². The number of unbranched alkanes of at least 4 members (excludes halogenated alkanes) is 14. The first-order valence-electron chi connectivity index (χ1n) is 24.9. The SMILES string of the molecule is CCCCCCCCCCN(CCCCCCCCCC)C(=O)COCC(=O)NCC(=O)NCC(=O)NCC(=O)N1CCCCC1C(=O)NCC(=O)NCC(=O)NCC(=O)OCc1ccccc1. The molecule has 1 aromatic carbocycles. The molecule has 8 amide bonds. The Morgan fingerprint density at radius 3 is 1.56 bits per heavy atom. The van der Waals surface area contributed by atoms with Crippen LogP contribution in [-0.4, -0.2) is 141 Å². The molecule has 68 heavy (non-hydrogen) atoms. The van der Waals surface area contributed by atoms with Crippen molar-refractivity contribution in [1.29, 1.82) is 0 Å². The summed E-state index contributed by atoms with van der Waals surface area (Å²) in [5.74, 6) is -5.17. The molecule has 0 bridgehead atoms. The lowest BCUT2D eigenvalue weighted by atomic mass is 10.0. The van der Waals surface area contributed by atoms with Crippen LogP contribution >= 0.6 is 0 Å². The maximum absolute atomic E-state index is 13.1. The van der Waals surface area contributed by atoms with Crippen LogP contribution in [0.2, 0.25) is 0 Å². The van der Waals surface area contributed by atoms with Gasteiger partial charge in [0.05, 0.1) is 32.7 Å². The van der Waals surface area contributed by atoms with Crippen molar-refractivity contribution in [3.63, 3.8) is 0 Å². The number of likely N-dealkylation sites (tertiary alicyclic amines) is 1. The van der Waals surface area contributed by atoms with Crippen molar-refractivity contribution < 1.29 is 52.6 Å². The summed E-state index contributed by atoms with van der Waals surface area (Å²) in [7, 11) is 0. The van der Waals surface area contributed by atoms with Crippen LogP contribution in [0.1, 0.15) is 141 Å². The molecule has 382 valence electrons. The number of nitrogens with zero attached hydrogens (tertiary/aromatic N) is 2. The Balaban J connectivity index is 1.64. The fourth-order valence-electron chi connectivity index (χ4n) is 7.42. The van der Waals surface area contributed by atoms with Gasteiger partial charge in [-0.15, -0.1) is 0 Å². The summed E-state index contributed by atoms with van der Waals surface area (Å²) in [5.41, 5.74) is 0.789. The van der Waals surface area contributed by atoms with Gasteiger partial charge in [0.25, 0.3) is 0 Å². The zero-order valence-corrected chi connectivity index (χ0v) is 40.8. The van der Waals surface area contributed by atoms with Crippen molar-refractivity contribution >= 4 is 53.2 Å². The van der Waals surface area contributed by atoms with Gasteiger partial charge in [-0.05, 0) is 37.7 Å². The average Bonchev–Trinajstić information content (AvgIpc) is 3.35. The third-order valence-corrected chi connectivity index (χ3v) is 11.4. The van der Waals surface area contributed by atoms with E-state index in [0.717, 1.165) is 44.1 Å². The minimum absolute atomic E-state index is 0.0517. The quantitative estimate of drug-likeness (QED) is 0.0418. The molecule has 1 aliphatic heterocycles. The Labute approximate surface area is 403 Å². The predicted molar refractivity (Wildman–Crippen MR) is 256 cm³/mol. The molecule has 0 spiro atoms. The Morgan fingerprint density at radius 2 is 1.01 bits per heavy atom. The van der Waals surface area contributed by atoms with Crippen molar-refractivity contribution in [3.05, 3.63) is 35.9 Å². The number of ether oxygens (including phenoxy) is 2. The average molecular weight is 957 g/mol. The highest BCUT2D eigenvalue weighted by atomic mass is 16.5. The summed E-state index contributed by atoms with van der Waals surface area (Å²) < 4.78 is 10.5. The third kappa shape index (κ3) is 28.6. The summed E-state index contributed by atoms with van der Waals surface area (Å²) >= 11 is 0. The maximum Gasteiger partial charge on any atom is 0.325 e. The summed E-state index contributed by atoms with van der Waals surface area (Å²) in [6.45, 7) is 2.71. The normalized spacial score (nSPS) is 13.1. The van der Waals surface area contributed by atoms with Crippen LogP contribution in [-0.2, 0) is 59.2 Å². The van der Waals surface area contributed by atoms with E-state index in [4.69, 9.17) is 9.47 Å². The van der Waals surface area contributed by atoms with E-state index < -0.39 is 99.2 Å². The van der Waals surface area contributed by atoms with Gasteiger partial charge in [0, 0.05) is 19.6 Å². The van der Waals surface area contributed by atoms with Gasteiger partial charge in [0.1, 0.15) is 32.4 Å². The molecule has 0 saturated carbocycles. The van der Waals surface area contributed by atoms with Gasteiger partial charge in [0.15, 0.2) is 0 Å². The summed E-state index contributed by atoms with van der Waals surface area (Å²) in [5, 5.41) is 14.4. The van der Waals surface area contributed by atoms with E-state index >= 15 is 0 Å². The number of amides is 8. The monoisotopic (exact) mass is 957 g/mol. The van der Waals surface area contributed by atoms with Gasteiger partial charge in [-0.1, -0.05) is 134 Å². The van der Waals surface area contributed by atoms with E-state index in [0.29, 0.717) is 32.4 Å². The fourth-order valence-corrected chi connectivity index (χ4v) is 7.42. The smallest absolute Gasteiger partial charge is 0.325 e. The van der Waals surface area contributed by atoms with E-state index in [1.165, 1.54) is 69.1 Å². The minimum Gasteiger partial charge on any atom is -0.460 e. The number of carbonyl (C=O) groups excluding carboxylic acids is 9. The number of piperidine rings is 1. The van der Waals surface area contributed by atoms with E-state index in [1.807, 2.05) is 11.0 Å². The van der Waals surface area contributed by atoms with Crippen molar-refractivity contribution in [1.82, 2.24) is 41.7 Å². The number of hydrogen-bond acceptors (Lipinski definition) is 11. The van der Waals surface area contributed by atoms with E-state index in [2.05, 4.69) is 45.7 Å². The molecule has 19 nitrogen and oxygen atoms in total. The van der Waals surface area contributed by atoms with Crippen LogP contribution in [0, 0.1) is 0 Å². The van der Waals surface area contributed by atoms with Crippen LogP contribution in [0.3, 0.4) is 0 Å². The molecule has 19 heteroatoms. The second-order valence-electron chi connectivity index (χ2n) is 17.2. The predicted octanol–water partition coefficient (Wildman–Crippen LogP) is 2.93. The number of esters is 1. The van der Waals surface area contributed by atoms with E-state index in [-0.39, 0.29) is 25.7 Å². The number of rotatable bonds is 37. The molecular weight excluding hydrogens is 877 g/mol. The topological polar surface area (TPSA) is 251 Å². The van der Waals surface area contributed by atoms with Gasteiger partial charge in [-0.25, -0.2) is 0 Å². The zero-order chi connectivity index (χ0) is 49.6. The Hall–Kier alpha value is -5.59. The van der Waals surface area contributed by atoms with Crippen molar-refractivity contribution in [2.45, 2.75) is 148 Å². The molecule has 1 heterocycles. The van der Waals surface area contributed by atoms with Gasteiger partial charge in [-0.3, -0.25) is 43.2 Å². The molecule has 1 aliphatic rings. The minimum atomic E-state index is -0.894. The number of hydrogen-bond donors (Lipinski definition) is 6. The maximum atomic E-state index is 13.1. The lowest BCUT2D eigenvalue weighted by molar-refractivity contribution is -0.145. The molecular formula is C49H80N8O11. The molecule has 1 unspecified atom stereocenters. The summed E-state index contributed by atoms with van der Waals surface area (Å²) in [6, 6.07) is 8.12. The standard InChI is InChI=1S/C49H80N8O11/c1-3-5-7-9-11-13-15-21-27-56(28-22-16-14-12-10-8-6-4-2)47(64)38-67-37-45(62)52-32-41(58)50-30-42(59)53-34-46(63)57-29-23-20-26-40(57)49(66)55-33-44(61)51-31-43(60)54-35-48(65)68-36-39-24-18-17-19-25-39/h17-19,24-25,40H,3-16,20-23,26-38H2,1-2H3,(H,50,58)(H,51,61)(H,52,62)(H,53,59)(H,54,60)(H,55,66). The first-order chi connectivity index (χ1) is 32.9. The van der Waals surface area contributed by atoms with Crippen LogP contribution in [0.5, 0.6) is 0 Å². The van der Waals surface area contributed by atoms with Crippen molar-refractivity contribution in [2.24, 2.45) is 0 Å². The molecule has 1 atom stereocenters. The second-order valence-corrected chi connectivity index (χ2v) is 17.2. The van der Waals surface area contributed by atoms with Crippen LogP contribution in [0.25, 0.3) is 0 Å². The van der Waals surface area contributed by atoms with Gasteiger partial charge < -0.3 is 51.2 Å². The lowest BCUT2D eigenvalue weighted by Crippen LogP contribution is -2.55. The fraction of sp³-hybridized carbons (Fsp3) is 0.694. The Bertz CT molecular complexity index is 1660. The molecule has 6 N–H and O–H groups in total. The molecule has 0 radical (unpaired) electrons. The van der Waals surface area contributed by atoms with Crippen molar-refractivity contribution in [3.8, 4) is 0 Å².